The second-order valence-corrected chi connectivity index (χ2v) is 7.83. The third-order valence-corrected chi connectivity index (χ3v) is 5.88. The Hall–Kier alpha value is -2.72. The molecule has 0 bridgehead atoms. The van der Waals surface area contributed by atoms with Gasteiger partial charge in [-0.05, 0) is 55.1 Å². The maximum atomic E-state index is 5.73. The molecule has 2 aliphatic rings. The van der Waals surface area contributed by atoms with E-state index in [1.165, 1.54) is 35.1 Å². The summed E-state index contributed by atoms with van der Waals surface area (Å²) in [4.78, 5) is 11.6. The first-order chi connectivity index (χ1) is 13.8. The summed E-state index contributed by atoms with van der Waals surface area (Å²) < 4.78 is 5.73. The molecule has 0 aliphatic carbocycles. The molecular formula is C24H25N3O. The fourth-order valence-corrected chi connectivity index (χ4v) is 4.31. The van der Waals surface area contributed by atoms with Gasteiger partial charge in [0.1, 0.15) is 5.75 Å². The van der Waals surface area contributed by atoms with E-state index in [9.17, 15) is 0 Å². The van der Waals surface area contributed by atoms with E-state index in [1.54, 1.807) is 0 Å². The van der Waals surface area contributed by atoms with Crippen molar-refractivity contribution in [2.75, 3.05) is 13.2 Å². The molecule has 3 aromatic rings. The summed E-state index contributed by atoms with van der Waals surface area (Å²) in [6.45, 7) is 4.88. The number of ether oxygens (including phenoxy) is 1. The SMILES string of the molecule is Cc1ccc(-c2ccc(CN3CCCC3c3cnc4c(c3)OCC4)cc2)cn1. The Balaban J connectivity index is 1.31. The molecule has 0 spiro atoms. The summed E-state index contributed by atoms with van der Waals surface area (Å²) in [5.74, 6) is 0.986. The van der Waals surface area contributed by atoms with E-state index < -0.39 is 0 Å². The number of aryl methyl sites for hydroxylation is 1. The van der Waals surface area contributed by atoms with Gasteiger partial charge in [0.2, 0.25) is 0 Å². The Bertz CT molecular complexity index is 966. The number of pyridine rings is 2. The second-order valence-electron chi connectivity index (χ2n) is 7.83. The normalized spacial score (nSPS) is 18.8. The van der Waals surface area contributed by atoms with E-state index in [-0.39, 0.29) is 0 Å². The van der Waals surface area contributed by atoms with E-state index >= 15 is 0 Å². The molecule has 4 heteroatoms. The van der Waals surface area contributed by atoms with E-state index in [2.05, 4.69) is 63.5 Å². The Morgan fingerprint density at radius 1 is 1.04 bits per heavy atom. The molecule has 0 N–H and O–H groups in total. The quantitative estimate of drug-likeness (QED) is 0.665. The zero-order valence-corrected chi connectivity index (χ0v) is 16.3. The molecule has 5 rings (SSSR count). The first kappa shape index (κ1) is 17.4. The summed E-state index contributed by atoms with van der Waals surface area (Å²) in [7, 11) is 0. The van der Waals surface area contributed by atoms with Crippen LogP contribution < -0.4 is 4.74 Å². The van der Waals surface area contributed by atoms with Gasteiger partial charge in [0.25, 0.3) is 0 Å². The molecular weight excluding hydrogens is 346 g/mol. The van der Waals surface area contributed by atoms with Crippen LogP contribution in [0.15, 0.2) is 54.9 Å². The zero-order chi connectivity index (χ0) is 18.9. The van der Waals surface area contributed by atoms with E-state index in [1.807, 2.05) is 13.1 Å². The highest BCUT2D eigenvalue weighted by atomic mass is 16.5. The fourth-order valence-electron chi connectivity index (χ4n) is 4.31. The maximum Gasteiger partial charge on any atom is 0.141 e. The summed E-state index contributed by atoms with van der Waals surface area (Å²) in [5, 5.41) is 0. The van der Waals surface area contributed by atoms with Crippen LogP contribution in [0.25, 0.3) is 11.1 Å². The average Bonchev–Trinajstić information content (AvgIpc) is 3.38. The minimum Gasteiger partial charge on any atom is -0.491 e. The molecule has 0 saturated carbocycles. The number of hydrogen-bond acceptors (Lipinski definition) is 4. The van der Waals surface area contributed by atoms with Crippen LogP contribution in [0.4, 0.5) is 0 Å². The van der Waals surface area contributed by atoms with Crippen LogP contribution in [0.5, 0.6) is 5.75 Å². The highest BCUT2D eigenvalue weighted by Crippen LogP contribution is 2.36. The van der Waals surface area contributed by atoms with Gasteiger partial charge in [-0.25, -0.2) is 0 Å². The van der Waals surface area contributed by atoms with E-state index in [0.29, 0.717) is 6.04 Å². The van der Waals surface area contributed by atoms with Crippen LogP contribution in [0.2, 0.25) is 0 Å². The first-order valence-electron chi connectivity index (χ1n) is 10.1. The highest BCUT2D eigenvalue weighted by Gasteiger charge is 2.27. The third-order valence-electron chi connectivity index (χ3n) is 5.88. The van der Waals surface area contributed by atoms with Crippen molar-refractivity contribution >= 4 is 0 Å². The van der Waals surface area contributed by atoms with Crippen molar-refractivity contribution in [2.45, 2.75) is 38.8 Å². The number of hydrogen-bond donors (Lipinski definition) is 0. The standard InChI is InChI=1S/C24H25N3O/c1-17-4-7-20(14-25-17)19-8-5-18(6-9-19)16-27-11-2-3-23(27)21-13-24-22(26-15-21)10-12-28-24/h4-9,13-15,23H,2-3,10-12,16H2,1H3. The molecule has 2 aromatic heterocycles. The highest BCUT2D eigenvalue weighted by molar-refractivity contribution is 5.62. The molecule has 0 radical (unpaired) electrons. The van der Waals surface area contributed by atoms with Crippen molar-refractivity contribution in [3.05, 3.63) is 77.4 Å². The van der Waals surface area contributed by atoms with Gasteiger partial charge in [0.15, 0.2) is 0 Å². The number of benzene rings is 1. The third kappa shape index (κ3) is 3.40. The number of likely N-dealkylation sites (tertiary alicyclic amines) is 1. The maximum absolute atomic E-state index is 5.73. The van der Waals surface area contributed by atoms with Gasteiger partial charge in [-0.3, -0.25) is 14.9 Å². The van der Waals surface area contributed by atoms with Gasteiger partial charge in [0, 0.05) is 42.7 Å². The molecule has 4 heterocycles. The van der Waals surface area contributed by atoms with Crippen molar-refractivity contribution < 1.29 is 4.74 Å². The summed E-state index contributed by atoms with van der Waals surface area (Å²) >= 11 is 0. The molecule has 0 amide bonds. The number of fused-ring (bicyclic) bond motifs is 1. The Morgan fingerprint density at radius 2 is 1.89 bits per heavy atom. The van der Waals surface area contributed by atoms with Crippen molar-refractivity contribution in [3.8, 4) is 16.9 Å². The van der Waals surface area contributed by atoms with Crippen LogP contribution in [0.1, 0.15) is 41.4 Å². The minimum absolute atomic E-state index is 0.433. The van der Waals surface area contributed by atoms with Crippen LogP contribution in [0.3, 0.4) is 0 Å². The molecule has 1 unspecified atom stereocenters. The number of rotatable bonds is 4. The Kier molecular flexibility index (Phi) is 4.57. The van der Waals surface area contributed by atoms with Crippen LogP contribution in [-0.4, -0.2) is 28.0 Å². The van der Waals surface area contributed by atoms with E-state index in [4.69, 9.17) is 4.74 Å². The summed E-state index contributed by atoms with van der Waals surface area (Å²) in [6.07, 6.45) is 7.36. The molecule has 4 nitrogen and oxygen atoms in total. The molecule has 1 atom stereocenters. The predicted molar refractivity (Wildman–Crippen MR) is 110 cm³/mol. The van der Waals surface area contributed by atoms with E-state index in [0.717, 1.165) is 43.3 Å². The fraction of sp³-hybridized carbons (Fsp3) is 0.333. The molecule has 1 aromatic carbocycles. The summed E-state index contributed by atoms with van der Waals surface area (Å²) in [6, 6.07) is 15.7. The average molecular weight is 371 g/mol. The first-order valence-corrected chi connectivity index (χ1v) is 10.1. The molecule has 142 valence electrons. The second kappa shape index (κ2) is 7.36. The number of aromatic nitrogens is 2. The largest absolute Gasteiger partial charge is 0.491 e. The van der Waals surface area contributed by atoms with Crippen LogP contribution in [0, 0.1) is 6.92 Å². The minimum atomic E-state index is 0.433. The van der Waals surface area contributed by atoms with Gasteiger partial charge in [-0.2, -0.15) is 0 Å². The molecule has 2 aliphatic heterocycles. The van der Waals surface area contributed by atoms with Gasteiger partial charge in [-0.15, -0.1) is 0 Å². The number of nitrogens with zero attached hydrogens (tertiary/aromatic N) is 3. The van der Waals surface area contributed by atoms with Gasteiger partial charge in [0.05, 0.1) is 12.3 Å². The lowest BCUT2D eigenvalue weighted by Gasteiger charge is -2.25. The van der Waals surface area contributed by atoms with Crippen molar-refractivity contribution in [2.24, 2.45) is 0 Å². The van der Waals surface area contributed by atoms with Crippen molar-refractivity contribution in [3.63, 3.8) is 0 Å². The molecule has 1 fully saturated rings. The molecule has 1 saturated heterocycles. The predicted octanol–water partition coefficient (Wildman–Crippen LogP) is 4.72. The van der Waals surface area contributed by atoms with Crippen molar-refractivity contribution in [1.82, 2.24) is 14.9 Å². The lowest BCUT2D eigenvalue weighted by atomic mass is 10.0. The monoisotopic (exact) mass is 371 g/mol. The molecule has 28 heavy (non-hydrogen) atoms. The Labute approximate surface area is 166 Å². The lowest BCUT2D eigenvalue weighted by molar-refractivity contribution is 0.247. The van der Waals surface area contributed by atoms with Gasteiger partial charge >= 0.3 is 0 Å². The topological polar surface area (TPSA) is 38.2 Å². The zero-order valence-electron chi connectivity index (χ0n) is 16.3. The van der Waals surface area contributed by atoms with Crippen LogP contribution in [-0.2, 0) is 13.0 Å². The van der Waals surface area contributed by atoms with Gasteiger partial charge < -0.3 is 4.74 Å². The smallest absolute Gasteiger partial charge is 0.141 e. The lowest BCUT2D eigenvalue weighted by Crippen LogP contribution is -2.22. The van der Waals surface area contributed by atoms with Crippen molar-refractivity contribution in [1.29, 1.82) is 0 Å². The van der Waals surface area contributed by atoms with Gasteiger partial charge in [-0.1, -0.05) is 30.3 Å². The summed E-state index contributed by atoms with van der Waals surface area (Å²) in [5.41, 5.74) is 7.18. The van der Waals surface area contributed by atoms with Crippen LogP contribution >= 0.6 is 0 Å². The Morgan fingerprint density at radius 3 is 2.71 bits per heavy atom.